The first kappa shape index (κ1) is 21.1. The summed E-state index contributed by atoms with van der Waals surface area (Å²) in [6.07, 6.45) is 4.28. The third-order valence-corrected chi connectivity index (χ3v) is 5.43. The Bertz CT molecular complexity index is 567. The average molecular weight is 395 g/mol. The Kier molecular flexibility index (Phi) is 8.60. The van der Waals surface area contributed by atoms with Gasteiger partial charge >= 0.3 is 0 Å². The number of hydrogen-bond acceptors (Lipinski definition) is 6. The maximum absolute atomic E-state index is 5.81. The lowest BCUT2D eigenvalue weighted by Gasteiger charge is -2.34. The van der Waals surface area contributed by atoms with Gasteiger partial charge in [-0.25, -0.2) is 0 Å². The number of rotatable bonds is 9. The van der Waals surface area contributed by atoms with Gasteiger partial charge in [-0.15, -0.1) is 0 Å². The van der Waals surface area contributed by atoms with Crippen LogP contribution in [-0.2, 0) is 20.6 Å². The lowest BCUT2D eigenvalue weighted by Crippen LogP contribution is -2.46. The average Bonchev–Trinajstić information content (AvgIpc) is 3.26. The minimum absolute atomic E-state index is 0.224. The topological polar surface area (TPSA) is 80.5 Å². The van der Waals surface area contributed by atoms with E-state index in [9.17, 15) is 0 Å². The molecule has 28 heavy (non-hydrogen) atoms. The Labute approximate surface area is 167 Å². The molecule has 0 amide bonds. The summed E-state index contributed by atoms with van der Waals surface area (Å²) in [4.78, 5) is 7.24. The molecule has 3 heterocycles. The molecule has 8 heteroatoms. The summed E-state index contributed by atoms with van der Waals surface area (Å²) in [5.74, 6) is 1.79. The normalized spacial score (nSPS) is 20.8. The van der Waals surface area contributed by atoms with E-state index in [2.05, 4.69) is 15.5 Å². The minimum atomic E-state index is -0.224. The van der Waals surface area contributed by atoms with Gasteiger partial charge in [0.15, 0.2) is 5.96 Å². The molecule has 2 N–H and O–H groups in total. The molecule has 0 radical (unpaired) electrons. The van der Waals surface area contributed by atoms with Gasteiger partial charge in [-0.05, 0) is 12.1 Å². The van der Waals surface area contributed by atoms with Crippen LogP contribution in [0.3, 0.4) is 0 Å². The van der Waals surface area contributed by atoms with E-state index in [4.69, 9.17) is 23.6 Å². The van der Waals surface area contributed by atoms with Crippen LogP contribution in [0.25, 0.3) is 0 Å². The zero-order chi connectivity index (χ0) is 19.5. The molecule has 8 nitrogen and oxygen atoms in total. The van der Waals surface area contributed by atoms with E-state index in [1.54, 1.807) is 13.4 Å². The molecule has 1 aromatic rings. The molecule has 0 aromatic carbocycles. The second kappa shape index (κ2) is 11.4. The van der Waals surface area contributed by atoms with Crippen LogP contribution in [0, 0.1) is 0 Å². The van der Waals surface area contributed by atoms with Gasteiger partial charge in [-0.3, -0.25) is 9.89 Å². The van der Waals surface area contributed by atoms with Gasteiger partial charge in [0.2, 0.25) is 0 Å². The van der Waals surface area contributed by atoms with E-state index in [0.29, 0.717) is 6.54 Å². The van der Waals surface area contributed by atoms with Crippen LogP contribution < -0.4 is 10.6 Å². The Morgan fingerprint density at radius 2 is 1.89 bits per heavy atom. The largest absolute Gasteiger partial charge is 0.469 e. The fourth-order valence-electron chi connectivity index (χ4n) is 3.48. The molecule has 2 aliphatic rings. The maximum Gasteiger partial charge on any atom is 0.191 e. The number of ether oxygens (including phenoxy) is 3. The molecule has 1 aromatic heterocycles. The van der Waals surface area contributed by atoms with Crippen molar-refractivity contribution in [1.82, 2.24) is 15.5 Å². The van der Waals surface area contributed by atoms with Crippen molar-refractivity contribution in [3.63, 3.8) is 0 Å². The Morgan fingerprint density at radius 1 is 1.14 bits per heavy atom. The van der Waals surface area contributed by atoms with Crippen molar-refractivity contribution in [2.75, 3.05) is 72.8 Å². The van der Waals surface area contributed by atoms with Crippen molar-refractivity contribution >= 4 is 5.96 Å². The van der Waals surface area contributed by atoms with Gasteiger partial charge in [0.1, 0.15) is 5.76 Å². The Morgan fingerprint density at radius 3 is 2.61 bits per heavy atom. The zero-order valence-electron chi connectivity index (χ0n) is 17.0. The molecule has 0 unspecified atom stereocenters. The van der Waals surface area contributed by atoms with Crippen molar-refractivity contribution in [3.05, 3.63) is 24.2 Å². The van der Waals surface area contributed by atoms with Crippen LogP contribution in [0.1, 0.15) is 18.6 Å². The van der Waals surface area contributed by atoms with E-state index in [1.165, 1.54) is 0 Å². The number of nitrogens with one attached hydrogen (secondary N) is 2. The fourth-order valence-corrected chi connectivity index (χ4v) is 3.48. The fraction of sp³-hybridized carbons (Fsp3) is 0.750. The first-order valence-electron chi connectivity index (χ1n) is 10.3. The maximum atomic E-state index is 5.81. The van der Waals surface area contributed by atoms with Gasteiger partial charge in [0.25, 0.3) is 0 Å². The Balaban J connectivity index is 1.50. The number of methoxy groups -OCH3 is 1. The van der Waals surface area contributed by atoms with Gasteiger partial charge < -0.3 is 29.3 Å². The van der Waals surface area contributed by atoms with Crippen LogP contribution in [0.4, 0.5) is 0 Å². The first-order chi connectivity index (χ1) is 13.8. The van der Waals surface area contributed by atoms with E-state index >= 15 is 0 Å². The van der Waals surface area contributed by atoms with Gasteiger partial charge in [0.05, 0.1) is 31.6 Å². The van der Waals surface area contributed by atoms with Crippen molar-refractivity contribution in [3.8, 4) is 0 Å². The summed E-state index contributed by atoms with van der Waals surface area (Å²) in [7, 11) is 1.77. The first-order valence-corrected chi connectivity index (χ1v) is 10.3. The highest BCUT2D eigenvalue weighted by molar-refractivity contribution is 5.79. The third kappa shape index (κ3) is 6.77. The van der Waals surface area contributed by atoms with E-state index in [1.807, 2.05) is 12.1 Å². The molecular formula is C20H34N4O4. The molecule has 2 fully saturated rings. The molecule has 0 saturated carbocycles. The van der Waals surface area contributed by atoms with Crippen molar-refractivity contribution < 1.29 is 18.6 Å². The predicted octanol–water partition coefficient (Wildman–Crippen LogP) is 0.885. The van der Waals surface area contributed by atoms with Gasteiger partial charge in [0, 0.05) is 72.3 Å². The number of hydrogen-bond donors (Lipinski definition) is 2. The molecule has 0 atom stereocenters. The van der Waals surface area contributed by atoms with Crippen LogP contribution in [0.15, 0.2) is 27.8 Å². The summed E-state index contributed by atoms with van der Waals surface area (Å²) < 4.78 is 22.1. The second-order valence-corrected chi connectivity index (χ2v) is 7.30. The van der Waals surface area contributed by atoms with Crippen LogP contribution >= 0.6 is 0 Å². The van der Waals surface area contributed by atoms with Crippen LogP contribution in [0.5, 0.6) is 0 Å². The van der Waals surface area contributed by atoms with Crippen LogP contribution in [0.2, 0.25) is 0 Å². The van der Waals surface area contributed by atoms with E-state index in [0.717, 1.165) is 90.1 Å². The monoisotopic (exact) mass is 394 g/mol. The predicted molar refractivity (Wildman–Crippen MR) is 108 cm³/mol. The molecule has 2 aliphatic heterocycles. The smallest absolute Gasteiger partial charge is 0.191 e. The highest BCUT2D eigenvalue weighted by Crippen LogP contribution is 2.24. The lowest BCUT2D eigenvalue weighted by molar-refractivity contribution is -0.0828. The summed E-state index contributed by atoms with van der Waals surface area (Å²) in [5.41, 5.74) is -0.224. The summed E-state index contributed by atoms with van der Waals surface area (Å²) >= 11 is 0. The summed E-state index contributed by atoms with van der Waals surface area (Å²) in [6, 6.07) is 3.91. The minimum Gasteiger partial charge on any atom is -0.469 e. The van der Waals surface area contributed by atoms with Crippen molar-refractivity contribution in [1.29, 1.82) is 0 Å². The molecule has 0 aliphatic carbocycles. The number of nitrogens with zero attached hydrogens (tertiary/aromatic N) is 2. The quantitative estimate of drug-likeness (QED) is 0.475. The highest BCUT2D eigenvalue weighted by Gasteiger charge is 2.32. The third-order valence-electron chi connectivity index (χ3n) is 5.43. The number of morpholine rings is 1. The molecule has 2 saturated heterocycles. The summed E-state index contributed by atoms with van der Waals surface area (Å²) in [5, 5.41) is 6.89. The SMILES string of the molecule is COC1(CN=C(NCCc2ccco2)NCCN2CCOCC2)CCOCC1. The summed E-state index contributed by atoms with van der Waals surface area (Å²) in [6.45, 7) is 8.30. The standard InChI is InChI=1S/C20H34N4O4/c1-25-20(5-13-26-14-6-20)17-23-19(21-7-4-18-3-2-12-28-18)22-8-9-24-10-15-27-16-11-24/h2-3,12H,4-11,13-17H2,1H3,(H2,21,22,23). The van der Waals surface area contributed by atoms with Crippen LogP contribution in [-0.4, -0.2) is 89.3 Å². The van der Waals surface area contributed by atoms with E-state index < -0.39 is 0 Å². The Hall–Kier alpha value is -1.61. The molecule has 3 rings (SSSR count). The molecule has 158 valence electrons. The van der Waals surface area contributed by atoms with Gasteiger partial charge in [-0.2, -0.15) is 0 Å². The molecule has 0 bridgehead atoms. The number of furan rings is 1. The number of guanidine groups is 1. The lowest BCUT2D eigenvalue weighted by atomic mass is 9.94. The van der Waals surface area contributed by atoms with E-state index in [-0.39, 0.29) is 5.60 Å². The second-order valence-electron chi connectivity index (χ2n) is 7.30. The number of aliphatic imine (C=N–C) groups is 1. The van der Waals surface area contributed by atoms with Crippen molar-refractivity contribution in [2.45, 2.75) is 24.9 Å². The molecule has 0 spiro atoms. The molecular weight excluding hydrogens is 360 g/mol. The van der Waals surface area contributed by atoms with Gasteiger partial charge in [-0.1, -0.05) is 0 Å². The van der Waals surface area contributed by atoms with Crippen molar-refractivity contribution in [2.24, 2.45) is 4.99 Å². The highest BCUT2D eigenvalue weighted by atomic mass is 16.5. The zero-order valence-corrected chi connectivity index (χ0v) is 17.0.